The summed E-state index contributed by atoms with van der Waals surface area (Å²) in [6.07, 6.45) is 5.00. The fourth-order valence-electron chi connectivity index (χ4n) is 5.11. The Labute approximate surface area is 191 Å². The van der Waals surface area contributed by atoms with E-state index in [2.05, 4.69) is 35.4 Å². The van der Waals surface area contributed by atoms with Crippen molar-refractivity contribution >= 4 is 45.8 Å². The van der Waals surface area contributed by atoms with Gasteiger partial charge in [0.1, 0.15) is 0 Å². The van der Waals surface area contributed by atoms with Crippen LogP contribution in [0.2, 0.25) is 0 Å². The largest absolute Gasteiger partial charge is 0.340 e. The number of ketones is 2. The highest BCUT2D eigenvalue weighted by atomic mass is 35.5. The molecule has 31 heavy (non-hydrogen) atoms. The second kappa shape index (κ2) is 9.54. The van der Waals surface area contributed by atoms with E-state index in [1.165, 1.54) is 19.3 Å². The van der Waals surface area contributed by atoms with Gasteiger partial charge in [-0.2, -0.15) is 0 Å². The zero-order valence-electron chi connectivity index (χ0n) is 19.0. The number of piperidine rings is 1. The highest BCUT2D eigenvalue weighted by Crippen LogP contribution is 2.31. The van der Waals surface area contributed by atoms with Crippen molar-refractivity contribution in [3.63, 3.8) is 0 Å². The fraction of sp³-hybridized carbons (Fsp3) is 0.462. The number of nitrogens with zero attached hydrogens (tertiary/aromatic N) is 2. The monoisotopic (exact) mass is 440 g/mol. The molecular formula is C26H33ClN2O2. The summed E-state index contributed by atoms with van der Waals surface area (Å²) in [5, 5.41) is 2.11. The van der Waals surface area contributed by atoms with E-state index in [4.69, 9.17) is 0 Å². The molecule has 2 heterocycles. The Morgan fingerprint density at radius 2 is 1.32 bits per heavy atom. The molecule has 4 nitrogen and oxygen atoms in total. The lowest BCUT2D eigenvalue weighted by Gasteiger charge is -2.39. The summed E-state index contributed by atoms with van der Waals surface area (Å²) in [6, 6.07) is 13.2. The number of rotatable bonds is 6. The summed E-state index contributed by atoms with van der Waals surface area (Å²) in [5.41, 5.74) is 3.70. The lowest BCUT2D eigenvalue weighted by atomic mass is 9.97. The molecule has 0 spiro atoms. The first-order chi connectivity index (χ1) is 14.4. The van der Waals surface area contributed by atoms with Gasteiger partial charge in [0, 0.05) is 58.1 Å². The molecule has 1 aliphatic rings. The molecule has 1 aromatic heterocycles. The van der Waals surface area contributed by atoms with Crippen molar-refractivity contribution in [1.29, 1.82) is 0 Å². The maximum atomic E-state index is 11.9. The molecule has 0 radical (unpaired) electrons. The lowest BCUT2D eigenvalue weighted by Crippen LogP contribution is -2.44. The van der Waals surface area contributed by atoms with E-state index >= 15 is 0 Å². The molecule has 4 rings (SSSR count). The number of carbonyl (C=O) groups excluding carboxylic acids is 2. The van der Waals surface area contributed by atoms with Crippen molar-refractivity contribution < 1.29 is 9.59 Å². The Bertz CT molecular complexity index is 1040. The van der Waals surface area contributed by atoms with Crippen molar-refractivity contribution in [3.05, 3.63) is 47.5 Å². The number of aromatic nitrogens is 1. The molecule has 2 atom stereocenters. The topological polar surface area (TPSA) is 42.3 Å². The smallest absolute Gasteiger partial charge is 0.159 e. The first-order valence-electron chi connectivity index (χ1n) is 11.2. The van der Waals surface area contributed by atoms with E-state index in [0.29, 0.717) is 23.2 Å². The fourth-order valence-corrected chi connectivity index (χ4v) is 5.11. The Morgan fingerprint density at radius 3 is 1.77 bits per heavy atom. The molecule has 0 aliphatic carbocycles. The summed E-state index contributed by atoms with van der Waals surface area (Å²) in [4.78, 5) is 26.6. The standard InChI is InChI=1S/C26H32N2O2.ClH/c1-17-7-5-8-18(2)27(17)13-6-14-28-25-11-9-21(19(3)29)15-23(25)24-16-22(20(4)30)10-12-26(24)28;/h9-12,15-18H,5-8,13-14H2,1-4H3;1H/t17-,18+;. The van der Waals surface area contributed by atoms with Crippen LogP contribution in [0, 0.1) is 0 Å². The quantitative estimate of drug-likeness (QED) is 0.424. The number of benzene rings is 2. The van der Waals surface area contributed by atoms with Gasteiger partial charge in [-0.05, 0) is 83.4 Å². The predicted molar refractivity (Wildman–Crippen MR) is 131 cm³/mol. The van der Waals surface area contributed by atoms with E-state index in [1.807, 2.05) is 24.3 Å². The summed E-state index contributed by atoms with van der Waals surface area (Å²) in [6.45, 7) is 9.92. The van der Waals surface area contributed by atoms with Gasteiger partial charge >= 0.3 is 0 Å². The van der Waals surface area contributed by atoms with Gasteiger partial charge in [0.25, 0.3) is 0 Å². The molecule has 5 heteroatoms. The number of likely N-dealkylation sites (tertiary alicyclic amines) is 1. The van der Waals surface area contributed by atoms with Crippen LogP contribution in [0.3, 0.4) is 0 Å². The Balaban J connectivity index is 0.00000272. The minimum Gasteiger partial charge on any atom is -0.340 e. The molecule has 0 bridgehead atoms. The lowest BCUT2D eigenvalue weighted by molar-refractivity contribution is 0.100. The van der Waals surface area contributed by atoms with E-state index in [0.717, 1.165) is 41.3 Å². The summed E-state index contributed by atoms with van der Waals surface area (Å²) < 4.78 is 2.36. The van der Waals surface area contributed by atoms with Gasteiger partial charge in [-0.3, -0.25) is 14.5 Å². The van der Waals surface area contributed by atoms with Gasteiger partial charge in [-0.25, -0.2) is 0 Å². The van der Waals surface area contributed by atoms with E-state index < -0.39 is 0 Å². The molecule has 0 unspecified atom stereocenters. The first kappa shape index (κ1) is 23.5. The molecule has 3 aromatic rings. The van der Waals surface area contributed by atoms with Crippen LogP contribution < -0.4 is 0 Å². The SMILES string of the molecule is CC(=O)c1ccc2c(c1)c1cc(C(C)=O)ccc1n2CCCN1[C@H](C)CCC[C@@H]1C.Cl. The second-order valence-corrected chi connectivity index (χ2v) is 8.95. The highest BCUT2D eigenvalue weighted by Gasteiger charge is 2.24. The van der Waals surface area contributed by atoms with Gasteiger partial charge in [0.15, 0.2) is 11.6 Å². The Hall–Kier alpha value is -2.17. The van der Waals surface area contributed by atoms with Crippen molar-refractivity contribution in [2.24, 2.45) is 0 Å². The van der Waals surface area contributed by atoms with Crippen molar-refractivity contribution in [2.45, 2.75) is 72.0 Å². The van der Waals surface area contributed by atoms with Crippen molar-refractivity contribution in [3.8, 4) is 0 Å². The van der Waals surface area contributed by atoms with Gasteiger partial charge in [-0.1, -0.05) is 6.42 Å². The molecular weight excluding hydrogens is 408 g/mol. The molecule has 1 fully saturated rings. The summed E-state index contributed by atoms with van der Waals surface area (Å²) in [7, 11) is 0. The molecule has 0 amide bonds. The number of fused-ring (bicyclic) bond motifs is 3. The van der Waals surface area contributed by atoms with Crippen LogP contribution in [0.1, 0.15) is 74.1 Å². The van der Waals surface area contributed by atoms with Crippen LogP contribution in [-0.4, -0.2) is 39.7 Å². The third-order valence-electron chi connectivity index (χ3n) is 6.85. The van der Waals surface area contributed by atoms with Gasteiger partial charge in [0.2, 0.25) is 0 Å². The Kier molecular flexibility index (Phi) is 7.23. The van der Waals surface area contributed by atoms with Crippen LogP contribution in [0.15, 0.2) is 36.4 Å². The van der Waals surface area contributed by atoms with Crippen LogP contribution in [0.4, 0.5) is 0 Å². The first-order valence-corrected chi connectivity index (χ1v) is 11.2. The molecule has 1 saturated heterocycles. The zero-order chi connectivity index (χ0) is 21.4. The third kappa shape index (κ3) is 4.56. The van der Waals surface area contributed by atoms with E-state index in [1.54, 1.807) is 13.8 Å². The number of halogens is 1. The molecule has 1 aliphatic heterocycles. The van der Waals surface area contributed by atoms with E-state index in [-0.39, 0.29) is 24.0 Å². The predicted octanol–water partition coefficient (Wildman–Crippen LogP) is 6.27. The number of hydrogen-bond donors (Lipinski definition) is 0. The van der Waals surface area contributed by atoms with Crippen LogP contribution in [-0.2, 0) is 6.54 Å². The number of Topliss-reactive ketones (excluding diaryl/α,β-unsaturated/α-hetero) is 2. The average Bonchev–Trinajstić information content (AvgIpc) is 3.02. The van der Waals surface area contributed by atoms with Crippen molar-refractivity contribution in [1.82, 2.24) is 9.47 Å². The van der Waals surface area contributed by atoms with Crippen LogP contribution in [0.5, 0.6) is 0 Å². The summed E-state index contributed by atoms with van der Waals surface area (Å²) >= 11 is 0. The van der Waals surface area contributed by atoms with Gasteiger partial charge in [-0.15, -0.1) is 12.4 Å². The number of carbonyl (C=O) groups is 2. The molecule has 0 saturated carbocycles. The minimum absolute atomic E-state index is 0. The van der Waals surface area contributed by atoms with E-state index in [9.17, 15) is 9.59 Å². The maximum absolute atomic E-state index is 11.9. The van der Waals surface area contributed by atoms with Crippen LogP contribution >= 0.6 is 12.4 Å². The maximum Gasteiger partial charge on any atom is 0.159 e. The van der Waals surface area contributed by atoms with Crippen molar-refractivity contribution in [2.75, 3.05) is 6.54 Å². The third-order valence-corrected chi connectivity index (χ3v) is 6.85. The highest BCUT2D eigenvalue weighted by molar-refractivity contribution is 6.12. The molecule has 2 aromatic carbocycles. The minimum atomic E-state index is 0. The number of hydrogen-bond acceptors (Lipinski definition) is 3. The molecule has 166 valence electrons. The normalized spacial score (nSPS) is 19.5. The average molecular weight is 441 g/mol. The van der Waals surface area contributed by atoms with Gasteiger partial charge < -0.3 is 4.57 Å². The molecule has 0 N–H and O–H groups in total. The number of aryl methyl sites for hydroxylation is 1. The summed E-state index contributed by atoms with van der Waals surface area (Å²) in [5.74, 6) is 0.127. The zero-order valence-corrected chi connectivity index (χ0v) is 19.8. The Morgan fingerprint density at radius 1 is 0.839 bits per heavy atom. The van der Waals surface area contributed by atoms with Gasteiger partial charge in [0.05, 0.1) is 0 Å². The van der Waals surface area contributed by atoms with Crippen LogP contribution in [0.25, 0.3) is 21.8 Å². The second-order valence-electron chi connectivity index (χ2n) is 8.95.